The molecule has 1 saturated heterocycles. The van der Waals surface area contributed by atoms with Gasteiger partial charge in [-0.3, -0.25) is 4.79 Å². The molecule has 24 heavy (non-hydrogen) atoms. The van der Waals surface area contributed by atoms with E-state index in [1.807, 2.05) is 24.3 Å². The Kier molecular flexibility index (Phi) is 7.53. The van der Waals surface area contributed by atoms with Crippen molar-refractivity contribution in [1.82, 2.24) is 10.2 Å². The molecule has 0 bridgehead atoms. The van der Waals surface area contributed by atoms with Crippen LogP contribution in [-0.2, 0) is 0 Å². The number of rotatable bonds is 8. The van der Waals surface area contributed by atoms with Gasteiger partial charge in [-0.25, -0.2) is 0 Å². The summed E-state index contributed by atoms with van der Waals surface area (Å²) in [7, 11) is 2.09. The Balaban J connectivity index is 1.76. The molecule has 5 heteroatoms. The largest absolute Gasteiger partial charge is 0.393 e. The van der Waals surface area contributed by atoms with Gasteiger partial charge in [0.2, 0.25) is 0 Å². The predicted octanol–water partition coefficient (Wildman–Crippen LogP) is 2.11. The number of amides is 1. The minimum absolute atomic E-state index is 0.0143. The van der Waals surface area contributed by atoms with E-state index in [1.54, 1.807) is 0 Å². The van der Waals surface area contributed by atoms with Gasteiger partial charge in [-0.15, -0.1) is 0 Å². The molecule has 1 aromatic rings. The Morgan fingerprint density at radius 2 is 1.92 bits per heavy atom. The Bertz CT molecular complexity index is 496. The fourth-order valence-corrected chi connectivity index (χ4v) is 2.95. The molecule has 1 amide bonds. The molecule has 0 unspecified atom stereocenters. The molecule has 0 aliphatic carbocycles. The fourth-order valence-electron chi connectivity index (χ4n) is 2.95. The number of nitrogens with zero attached hydrogens (tertiary/aromatic N) is 2. The highest BCUT2D eigenvalue weighted by Gasteiger charge is 2.17. The van der Waals surface area contributed by atoms with Crippen LogP contribution >= 0.6 is 0 Å². The second-order valence-electron chi connectivity index (χ2n) is 6.68. The maximum atomic E-state index is 12.2. The van der Waals surface area contributed by atoms with Gasteiger partial charge in [-0.1, -0.05) is 13.3 Å². The first-order chi connectivity index (χ1) is 11.6. The number of carbonyl (C=O) groups is 1. The van der Waals surface area contributed by atoms with Crippen LogP contribution in [0.15, 0.2) is 24.3 Å². The number of nitrogens with one attached hydrogen (secondary N) is 1. The molecule has 1 aliphatic heterocycles. The van der Waals surface area contributed by atoms with Crippen LogP contribution in [0.3, 0.4) is 0 Å². The van der Waals surface area contributed by atoms with Crippen molar-refractivity contribution in [2.75, 3.05) is 44.7 Å². The molecular weight excluding hydrogens is 302 g/mol. The van der Waals surface area contributed by atoms with E-state index in [-0.39, 0.29) is 12.0 Å². The lowest BCUT2D eigenvalue weighted by atomic mass is 10.1. The molecule has 1 aromatic carbocycles. The number of benzene rings is 1. The van der Waals surface area contributed by atoms with Gasteiger partial charge in [0, 0.05) is 37.4 Å². The summed E-state index contributed by atoms with van der Waals surface area (Å²) >= 11 is 0. The summed E-state index contributed by atoms with van der Waals surface area (Å²) in [4.78, 5) is 16.7. The first-order valence-electron chi connectivity index (χ1n) is 9.10. The lowest BCUT2D eigenvalue weighted by Gasteiger charge is -2.31. The van der Waals surface area contributed by atoms with Crippen molar-refractivity contribution < 1.29 is 9.90 Å². The van der Waals surface area contributed by atoms with Crippen LogP contribution in [0.25, 0.3) is 0 Å². The zero-order valence-corrected chi connectivity index (χ0v) is 15.0. The second-order valence-corrected chi connectivity index (χ2v) is 6.68. The van der Waals surface area contributed by atoms with Gasteiger partial charge in [0.25, 0.3) is 5.91 Å². The second kappa shape index (κ2) is 9.64. The van der Waals surface area contributed by atoms with E-state index in [0.29, 0.717) is 12.1 Å². The average Bonchev–Trinajstić information content (AvgIpc) is 2.60. The molecule has 134 valence electrons. The molecule has 5 nitrogen and oxygen atoms in total. The van der Waals surface area contributed by atoms with Crippen molar-refractivity contribution in [3.05, 3.63) is 29.8 Å². The lowest BCUT2D eigenvalue weighted by Crippen LogP contribution is -2.36. The van der Waals surface area contributed by atoms with Crippen LogP contribution in [0.5, 0.6) is 0 Å². The minimum atomic E-state index is -0.165. The van der Waals surface area contributed by atoms with Crippen LogP contribution in [0.2, 0.25) is 0 Å². The zero-order valence-electron chi connectivity index (χ0n) is 15.0. The Labute approximate surface area is 145 Å². The minimum Gasteiger partial charge on any atom is -0.393 e. The van der Waals surface area contributed by atoms with Crippen molar-refractivity contribution in [1.29, 1.82) is 0 Å². The van der Waals surface area contributed by atoms with Gasteiger partial charge >= 0.3 is 0 Å². The fraction of sp³-hybridized carbons (Fsp3) is 0.632. The molecule has 0 radical (unpaired) electrons. The van der Waals surface area contributed by atoms with Gasteiger partial charge < -0.3 is 20.2 Å². The summed E-state index contributed by atoms with van der Waals surface area (Å²) < 4.78 is 0. The molecule has 0 atom stereocenters. The van der Waals surface area contributed by atoms with E-state index in [0.717, 1.165) is 44.7 Å². The van der Waals surface area contributed by atoms with E-state index in [9.17, 15) is 9.90 Å². The number of unbranched alkanes of at least 4 members (excludes halogenated alkanes) is 1. The molecule has 1 aliphatic rings. The first kappa shape index (κ1) is 18.7. The van der Waals surface area contributed by atoms with Crippen molar-refractivity contribution in [3.8, 4) is 0 Å². The molecule has 0 aromatic heterocycles. The van der Waals surface area contributed by atoms with Crippen molar-refractivity contribution in [2.45, 2.75) is 38.7 Å². The van der Waals surface area contributed by atoms with Crippen LogP contribution in [0.1, 0.15) is 43.0 Å². The normalized spacial score (nSPS) is 15.8. The van der Waals surface area contributed by atoms with Crippen LogP contribution in [-0.4, -0.2) is 61.8 Å². The van der Waals surface area contributed by atoms with Crippen molar-refractivity contribution in [2.24, 2.45) is 0 Å². The summed E-state index contributed by atoms with van der Waals surface area (Å²) in [5, 5.41) is 12.6. The third-order valence-electron chi connectivity index (χ3n) is 4.63. The smallest absolute Gasteiger partial charge is 0.251 e. The van der Waals surface area contributed by atoms with Gasteiger partial charge in [0.15, 0.2) is 0 Å². The number of hydrogen-bond acceptors (Lipinski definition) is 4. The summed E-state index contributed by atoms with van der Waals surface area (Å²) in [5.41, 5.74) is 1.82. The van der Waals surface area contributed by atoms with E-state index < -0.39 is 0 Å². The van der Waals surface area contributed by atoms with Crippen molar-refractivity contribution >= 4 is 11.6 Å². The van der Waals surface area contributed by atoms with Crippen molar-refractivity contribution in [3.63, 3.8) is 0 Å². The Morgan fingerprint density at radius 3 is 2.54 bits per heavy atom. The molecular formula is C19H31N3O2. The van der Waals surface area contributed by atoms with Crippen LogP contribution in [0.4, 0.5) is 5.69 Å². The number of likely N-dealkylation sites (N-methyl/N-ethyl adjacent to an activating group) is 1. The first-order valence-corrected chi connectivity index (χ1v) is 9.10. The maximum Gasteiger partial charge on any atom is 0.251 e. The van der Waals surface area contributed by atoms with E-state index in [1.165, 1.54) is 12.8 Å². The molecule has 2 rings (SSSR count). The monoisotopic (exact) mass is 333 g/mol. The maximum absolute atomic E-state index is 12.2. The number of aliphatic hydroxyl groups is 1. The van der Waals surface area contributed by atoms with E-state index in [2.05, 4.69) is 29.1 Å². The molecule has 2 N–H and O–H groups in total. The average molecular weight is 333 g/mol. The number of piperidine rings is 1. The third kappa shape index (κ3) is 5.80. The number of carbonyl (C=O) groups excluding carboxylic acids is 1. The number of anilines is 1. The van der Waals surface area contributed by atoms with Crippen LogP contribution in [0, 0.1) is 0 Å². The highest BCUT2D eigenvalue weighted by molar-refractivity contribution is 5.94. The lowest BCUT2D eigenvalue weighted by molar-refractivity contribution is 0.0950. The predicted molar refractivity (Wildman–Crippen MR) is 98.6 cm³/mol. The number of hydrogen-bond donors (Lipinski definition) is 2. The zero-order chi connectivity index (χ0) is 17.4. The summed E-state index contributed by atoms with van der Waals surface area (Å²) in [5.74, 6) is -0.0143. The third-order valence-corrected chi connectivity index (χ3v) is 4.63. The SMILES string of the molecule is CCCCN(C)CCNC(=O)c1ccc(N2CCC(O)CC2)cc1. The molecule has 1 fully saturated rings. The summed E-state index contributed by atoms with van der Waals surface area (Å²) in [6.07, 6.45) is 3.85. The van der Waals surface area contributed by atoms with E-state index >= 15 is 0 Å². The van der Waals surface area contributed by atoms with Crippen LogP contribution < -0.4 is 10.2 Å². The van der Waals surface area contributed by atoms with Gasteiger partial charge in [0.05, 0.1) is 6.10 Å². The highest BCUT2D eigenvalue weighted by Crippen LogP contribution is 2.20. The quantitative estimate of drug-likeness (QED) is 0.765. The van der Waals surface area contributed by atoms with E-state index in [4.69, 9.17) is 0 Å². The standard InChI is InChI=1S/C19H31N3O2/c1-3-4-12-21(2)15-11-20-19(24)16-5-7-17(8-6-16)22-13-9-18(23)10-14-22/h5-8,18,23H,3-4,9-15H2,1-2H3,(H,20,24). The Morgan fingerprint density at radius 1 is 1.25 bits per heavy atom. The molecule has 0 spiro atoms. The molecule has 0 saturated carbocycles. The topological polar surface area (TPSA) is 55.8 Å². The highest BCUT2D eigenvalue weighted by atomic mass is 16.3. The van der Waals surface area contributed by atoms with Gasteiger partial charge in [-0.05, 0) is 57.1 Å². The molecule has 1 heterocycles. The summed E-state index contributed by atoms with van der Waals surface area (Å²) in [6.45, 7) is 6.55. The number of aliphatic hydroxyl groups excluding tert-OH is 1. The summed E-state index contributed by atoms with van der Waals surface area (Å²) in [6, 6.07) is 7.77. The van der Waals surface area contributed by atoms with Gasteiger partial charge in [-0.2, -0.15) is 0 Å². The Hall–Kier alpha value is -1.59. The van der Waals surface area contributed by atoms with Gasteiger partial charge in [0.1, 0.15) is 0 Å².